The first kappa shape index (κ1) is 11.9. The van der Waals surface area contributed by atoms with E-state index in [-0.39, 0.29) is 5.24 Å². The molecule has 0 fully saturated rings. The highest BCUT2D eigenvalue weighted by molar-refractivity contribution is 7.96. The molecule has 4 heteroatoms. The number of thiol groups is 1. The van der Waals surface area contributed by atoms with E-state index in [1.165, 1.54) is 4.90 Å². The van der Waals surface area contributed by atoms with Crippen LogP contribution >= 0.6 is 12.6 Å². The molecule has 15 heavy (non-hydrogen) atoms. The molecular weight excluding hydrogens is 210 g/mol. The Morgan fingerprint density at radius 3 is 2.67 bits per heavy atom. The first-order chi connectivity index (χ1) is 7.10. The van der Waals surface area contributed by atoms with Crippen molar-refractivity contribution in [2.24, 2.45) is 0 Å². The molecule has 0 spiro atoms. The summed E-state index contributed by atoms with van der Waals surface area (Å²) in [6, 6.07) is 5.64. The first-order valence-electron chi connectivity index (χ1n) is 4.73. The third kappa shape index (κ3) is 2.65. The number of hydrogen-bond donors (Lipinski definition) is 1. The van der Waals surface area contributed by atoms with Gasteiger partial charge < -0.3 is 9.64 Å². The third-order valence-electron chi connectivity index (χ3n) is 2.32. The molecule has 0 atom stereocenters. The number of ether oxygens (including phenoxy) is 1. The van der Waals surface area contributed by atoms with Crippen molar-refractivity contribution in [2.45, 2.75) is 13.3 Å². The Morgan fingerprint density at radius 2 is 2.20 bits per heavy atom. The molecule has 0 aliphatic heterocycles. The Labute approximate surface area is 95.4 Å². The fourth-order valence-corrected chi connectivity index (χ4v) is 1.48. The predicted octanol–water partition coefficient (Wildman–Crippen LogP) is 2.74. The highest BCUT2D eigenvalue weighted by Crippen LogP contribution is 2.25. The standard InChI is InChI=1S/C11H15NO2S/c1-4-8-7-9(12(2)11(13)15)5-6-10(8)14-3/h5-7H,4H2,1-3H3,(H,13,15). The molecule has 0 radical (unpaired) electrons. The third-order valence-corrected chi connectivity index (χ3v) is 2.62. The molecule has 0 aliphatic carbocycles. The lowest BCUT2D eigenvalue weighted by Gasteiger charge is -2.16. The maximum absolute atomic E-state index is 11.1. The van der Waals surface area contributed by atoms with Crippen LogP contribution in [0.1, 0.15) is 12.5 Å². The minimum atomic E-state index is -0.276. The molecule has 1 aromatic rings. The van der Waals surface area contributed by atoms with Gasteiger partial charge in [-0.2, -0.15) is 0 Å². The molecule has 0 saturated heterocycles. The van der Waals surface area contributed by atoms with Crippen LogP contribution in [0.15, 0.2) is 18.2 Å². The van der Waals surface area contributed by atoms with Crippen molar-refractivity contribution in [3.05, 3.63) is 23.8 Å². The van der Waals surface area contributed by atoms with Gasteiger partial charge in [0.05, 0.1) is 7.11 Å². The Kier molecular flexibility index (Phi) is 4.03. The fraction of sp³-hybridized carbons (Fsp3) is 0.364. The highest BCUT2D eigenvalue weighted by atomic mass is 32.1. The van der Waals surface area contributed by atoms with Gasteiger partial charge in [-0.05, 0) is 30.2 Å². The Morgan fingerprint density at radius 1 is 1.53 bits per heavy atom. The summed E-state index contributed by atoms with van der Waals surface area (Å²) in [6.07, 6.45) is 0.867. The quantitative estimate of drug-likeness (QED) is 0.801. The number of methoxy groups -OCH3 is 1. The minimum absolute atomic E-state index is 0.276. The summed E-state index contributed by atoms with van der Waals surface area (Å²) < 4.78 is 5.21. The van der Waals surface area contributed by atoms with Gasteiger partial charge in [-0.15, -0.1) is 0 Å². The second-order valence-corrected chi connectivity index (χ2v) is 3.57. The summed E-state index contributed by atoms with van der Waals surface area (Å²) in [5.41, 5.74) is 1.91. The van der Waals surface area contributed by atoms with Crippen LogP contribution in [0, 0.1) is 0 Å². The highest BCUT2D eigenvalue weighted by Gasteiger charge is 2.09. The minimum Gasteiger partial charge on any atom is -0.496 e. The van der Waals surface area contributed by atoms with Crippen LogP contribution < -0.4 is 9.64 Å². The van der Waals surface area contributed by atoms with E-state index in [1.54, 1.807) is 14.2 Å². The molecule has 82 valence electrons. The predicted molar refractivity (Wildman–Crippen MR) is 65.2 cm³/mol. The van der Waals surface area contributed by atoms with Crippen molar-refractivity contribution >= 4 is 23.6 Å². The van der Waals surface area contributed by atoms with Gasteiger partial charge in [0.1, 0.15) is 5.75 Å². The van der Waals surface area contributed by atoms with Gasteiger partial charge >= 0.3 is 0 Å². The van der Waals surface area contributed by atoms with Crippen LogP contribution in [0.4, 0.5) is 10.5 Å². The number of aryl methyl sites for hydroxylation is 1. The van der Waals surface area contributed by atoms with Gasteiger partial charge in [0.15, 0.2) is 0 Å². The van der Waals surface area contributed by atoms with Crippen LogP contribution in [0.5, 0.6) is 5.75 Å². The molecule has 0 bridgehead atoms. The van der Waals surface area contributed by atoms with Crippen LogP contribution in [0.25, 0.3) is 0 Å². The molecule has 1 amide bonds. The molecule has 0 N–H and O–H groups in total. The van der Waals surface area contributed by atoms with Crippen molar-refractivity contribution in [1.29, 1.82) is 0 Å². The summed E-state index contributed by atoms with van der Waals surface area (Å²) >= 11 is 3.77. The van der Waals surface area contributed by atoms with Gasteiger partial charge in [-0.25, -0.2) is 0 Å². The Hall–Kier alpha value is -1.16. The summed E-state index contributed by atoms with van der Waals surface area (Å²) in [7, 11) is 3.33. The van der Waals surface area contributed by atoms with Gasteiger partial charge in [-0.1, -0.05) is 19.6 Å². The smallest absolute Gasteiger partial charge is 0.282 e. The number of hydrogen-bond acceptors (Lipinski definition) is 2. The lowest BCUT2D eigenvalue weighted by atomic mass is 10.1. The Bertz CT molecular complexity index is 366. The summed E-state index contributed by atoms with van der Waals surface area (Å²) in [4.78, 5) is 12.5. The molecule has 1 aromatic carbocycles. The van der Waals surface area contributed by atoms with Gasteiger partial charge in [0.25, 0.3) is 5.24 Å². The van der Waals surface area contributed by atoms with Gasteiger partial charge in [0, 0.05) is 12.7 Å². The number of amides is 1. The first-order valence-corrected chi connectivity index (χ1v) is 5.18. The monoisotopic (exact) mass is 225 g/mol. The topological polar surface area (TPSA) is 29.5 Å². The summed E-state index contributed by atoms with van der Waals surface area (Å²) in [5, 5.41) is -0.276. The number of carbonyl (C=O) groups excluding carboxylic acids is 1. The summed E-state index contributed by atoms with van der Waals surface area (Å²) in [5.74, 6) is 0.848. The fourth-order valence-electron chi connectivity index (χ4n) is 1.36. The van der Waals surface area contributed by atoms with E-state index < -0.39 is 0 Å². The molecule has 3 nitrogen and oxygen atoms in total. The molecule has 0 aliphatic rings. The van der Waals surface area contributed by atoms with Gasteiger partial charge in [-0.3, -0.25) is 4.79 Å². The van der Waals surface area contributed by atoms with Crippen LogP contribution in [0.2, 0.25) is 0 Å². The molecule has 0 unspecified atom stereocenters. The van der Waals surface area contributed by atoms with E-state index in [9.17, 15) is 4.79 Å². The SMILES string of the molecule is CCc1cc(N(C)C(=O)S)ccc1OC. The maximum Gasteiger partial charge on any atom is 0.282 e. The Balaban J connectivity index is 3.07. The van der Waals surface area contributed by atoms with Crippen molar-refractivity contribution < 1.29 is 9.53 Å². The van der Waals surface area contributed by atoms with Crippen LogP contribution in [-0.2, 0) is 6.42 Å². The largest absolute Gasteiger partial charge is 0.496 e. The molecule has 1 rings (SSSR count). The average molecular weight is 225 g/mol. The number of anilines is 1. The van der Waals surface area contributed by atoms with Crippen molar-refractivity contribution in [3.63, 3.8) is 0 Å². The molecule has 0 aromatic heterocycles. The zero-order chi connectivity index (χ0) is 11.4. The van der Waals surface area contributed by atoms with E-state index >= 15 is 0 Å². The van der Waals surface area contributed by atoms with Crippen LogP contribution in [0.3, 0.4) is 0 Å². The number of nitrogens with zero attached hydrogens (tertiary/aromatic N) is 1. The number of benzene rings is 1. The van der Waals surface area contributed by atoms with Gasteiger partial charge in [0.2, 0.25) is 0 Å². The maximum atomic E-state index is 11.1. The zero-order valence-electron chi connectivity index (χ0n) is 9.15. The van der Waals surface area contributed by atoms with Crippen molar-refractivity contribution in [1.82, 2.24) is 0 Å². The van der Waals surface area contributed by atoms with Crippen molar-refractivity contribution in [3.8, 4) is 5.75 Å². The molecule has 0 heterocycles. The zero-order valence-corrected chi connectivity index (χ0v) is 10.0. The van der Waals surface area contributed by atoms with E-state index in [0.29, 0.717) is 0 Å². The molecular formula is C11H15NO2S. The van der Waals surface area contributed by atoms with E-state index in [0.717, 1.165) is 23.4 Å². The van der Waals surface area contributed by atoms with Crippen LogP contribution in [-0.4, -0.2) is 19.4 Å². The van der Waals surface area contributed by atoms with E-state index in [2.05, 4.69) is 12.6 Å². The second kappa shape index (κ2) is 5.07. The van der Waals surface area contributed by atoms with Crippen molar-refractivity contribution in [2.75, 3.05) is 19.1 Å². The summed E-state index contributed by atoms with van der Waals surface area (Å²) in [6.45, 7) is 2.05. The van der Waals surface area contributed by atoms with E-state index in [1.807, 2.05) is 25.1 Å². The number of carbonyl (C=O) groups is 1. The molecule has 0 saturated carbocycles. The number of rotatable bonds is 3. The second-order valence-electron chi connectivity index (χ2n) is 3.19. The lowest BCUT2D eigenvalue weighted by Crippen LogP contribution is -2.19. The van der Waals surface area contributed by atoms with E-state index in [4.69, 9.17) is 4.74 Å². The normalized spacial score (nSPS) is 9.87. The lowest BCUT2D eigenvalue weighted by molar-refractivity contribution is 0.266. The average Bonchev–Trinajstić information content (AvgIpc) is 2.26.